The maximum Gasteiger partial charge on any atom is 0.315 e. The van der Waals surface area contributed by atoms with Crippen LogP contribution in [0.2, 0.25) is 0 Å². The number of fused-ring (bicyclic) bond motifs is 1. The molecule has 1 heterocycles. The average Bonchev–Trinajstić information content (AvgIpc) is 2.92. The number of benzene rings is 1. The van der Waals surface area contributed by atoms with Gasteiger partial charge in [0.25, 0.3) is 0 Å². The Morgan fingerprint density at radius 2 is 2.24 bits per heavy atom. The van der Waals surface area contributed by atoms with E-state index in [9.17, 15) is 4.79 Å². The number of aliphatic hydroxyl groups is 1. The summed E-state index contributed by atoms with van der Waals surface area (Å²) < 4.78 is 1.20. The highest BCUT2D eigenvalue weighted by molar-refractivity contribution is 7.18. The normalized spacial score (nSPS) is 12.3. The van der Waals surface area contributed by atoms with Gasteiger partial charge in [0, 0.05) is 13.0 Å². The first-order valence-corrected chi connectivity index (χ1v) is 8.04. The van der Waals surface area contributed by atoms with Crippen molar-refractivity contribution in [2.45, 2.75) is 32.2 Å². The van der Waals surface area contributed by atoms with Gasteiger partial charge in [0.1, 0.15) is 0 Å². The van der Waals surface area contributed by atoms with Gasteiger partial charge in [-0.3, -0.25) is 0 Å². The molecule has 3 N–H and O–H groups in total. The first kappa shape index (κ1) is 15.7. The molecule has 6 heteroatoms. The lowest BCUT2D eigenvalue weighted by atomic mass is 10.2. The van der Waals surface area contributed by atoms with Crippen molar-refractivity contribution in [3.05, 3.63) is 29.3 Å². The van der Waals surface area contributed by atoms with Gasteiger partial charge in [-0.05, 0) is 25.0 Å². The van der Waals surface area contributed by atoms with E-state index in [0.717, 1.165) is 29.8 Å². The van der Waals surface area contributed by atoms with Gasteiger partial charge >= 0.3 is 6.03 Å². The summed E-state index contributed by atoms with van der Waals surface area (Å²) in [6.07, 6.45) is 2.43. The number of aromatic nitrogens is 1. The van der Waals surface area contributed by atoms with Gasteiger partial charge in [-0.25, -0.2) is 9.78 Å². The zero-order valence-electron chi connectivity index (χ0n) is 12.1. The number of rotatable bonds is 7. The zero-order valence-corrected chi connectivity index (χ0v) is 12.9. The molecule has 1 unspecified atom stereocenters. The van der Waals surface area contributed by atoms with Crippen LogP contribution in [0.25, 0.3) is 10.2 Å². The molecule has 2 amide bonds. The number of nitrogens with one attached hydrogen (secondary N) is 2. The van der Waals surface area contributed by atoms with Crippen LogP contribution in [-0.2, 0) is 6.42 Å². The SMILES string of the molecule is CCC(CO)NC(=O)NCCCc1nc2ccccc2s1. The summed E-state index contributed by atoms with van der Waals surface area (Å²) in [6.45, 7) is 2.49. The molecule has 0 spiro atoms. The van der Waals surface area contributed by atoms with Gasteiger partial charge in [-0.2, -0.15) is 0 Å². The fraction of sp³-hybridized carbons (Fsp3) is 0.467. The summed E-state index contributed by atoms with van der Waals surface area (Å²) in [5, 5.41) is 15.6. The molecule has 0 fully saturated rings. The van der Waals surface area contributed by atoms with Crippen molar-refractivity contribution in [3.8, 4) is 0 Å². The lowest BCUT2D eigenvalue weighted by molar-refractivity contribution is 0.214. The largest absolute Gasteiger partial charge is 0.394 e. The molecule has 0 aliphatic rings. The van der Waals surface area contributed by atoms with E-state index in [1.807, 2.05) is 25.1 Å². The number of hydrogen-bond acceptors (Lipinski definition) is 4. The fourth-order valence-electron chi connectivity index (χ4n) is 1.98. The predicted molar refractivity (Wildman–Crippen MR) is 85.6 cm³/mol. The Balaban J connectivity index is 1.71. The lowest BCUT2D eigenvalue weighted by Gasteiger charge is -2.14. The summed E-state index contributed by atoms with van der Waals surface area (Å²) >= 11 is 1.70. The Bertz CT molecular complexity index is 548. The van der Waals surface area contributed by atoms with Crippen molar-refractivity contribution in [1.82, 2.24) is 15.6 Å². The van der Waals surface area contributed by atoms with Gasteiger partial charge in [0.15, 0.2) is 0 Å². The quantitative estimate of drug-likeness (QED) is 0.687. The van der Waals surface area contributed by atoms with Crippen molar-refractivity contribution in [1.29, 1.82) is 0 Å². The first-order chi connectivity index (χ1) is 10.2. The lowest BCUT2D eigenvalue weighted by Crippen LogP contribution is -2.43. The fourth-order valence-corrected chi connectivity index (χ4v) is 2.99. The Hall–Kier alpha value is -1.66. The number of aryl methyl sites for hydroxylation is 1. The van der Waals surface area contributed by atoms with Crippen LogP contribution in [0.3, 0.4) is 0 Å². The highest BCUT2D eigenvalue weighted by atomic mass is 32.1. The molecule has 5 nitrogen and oxygen atoms in total. The second-order valence-electron chi connectivity index (χ2n) is 4.87. The van der Waals surface area contributed by atoms with E-state index < -0.39 is 0 Å². The Kier molecular flexibility index (Phi) is 5.95. The van der Waals surface area contributed by atoms with E-state index in [2.05, 4.69) is 21.7 Å². The third kappa shape index (κ3) is 4.68. The van der Waals surface area contributed by atoms with E-state index in [-0.39, 0.29) is 18.7 Å². The minimum Gasteiger partial charge on any atom is -0.394 e. The Morgan fingerprint density at radius 3 is 2.95 bits per heavy atom. The molecule has 0 radical (unpaired) electrons. The van der Waals surface area contributed by atoms with Crippen LogP contribution < -0.4 is 10.6 Å². The minimum absolute atomic E-state index is 0.0321. The van der Waals surface area contributed by atoms with Gasteiger partial charge in [-0.15, -0.1) is 11.3 Å². The van der Waals surface area contributed by atoms with Gasteiger partial charge in [-0.1, -0.05) is 19.1 Å². The van der Waals surface area contributed by atoms with E-state index in [1.165, 1.54) is 4.70 Å². The highest BCUT2D eigenvalue weighted by Gasteiger charge is 2.08. The van der Waals surface area contributed by atoms with E-state index in [1.54, 1.807) is 11.3 Å². The van der Waals surface area contributed by atoms with Crippen molar-refractivity contribution in [3.63, 3.8) is 0 Å². The smallest absolute Gasteiger partial charge is 0.315 e. The molecule has 0 aliphatic heterocycles. The van der Waals surface area contributed by atoms with Crippen molar-refractivity contribution >= 4 is 27.6 Å². The molecular weight excluding hydrogens is 286 g/mol. The molecule has 0 bridgehead atoms. The van der Waals surface area contributed by atoms with Crippen LogP contribution in [0.4, 0.5) is 4.79 Å². The van der Waals surface area contributed by atoms with Crippen LogP contribution >= 0.6 is 11.3 Å². The summed E-state index contributed by atoms with van der Waals surface area (Å²) in [4.78, 5) is 16.1. The number of urea groups is 1. The summed E-state index contributed by atoms with van der Waals surface area (Å²) in [7, 11) is 0. The minimum atomic E-state index is -0.222. The summed E-state index contributed by atoms with van der Waals surface area (Å²) in [5.74, 6) is 0. The van der Waals surface area contributed by atoms with Crippen molar-refractivity contribution in [2.75, 3.05) is 13.2 Å². The maximum absolute atomic E-state index is 11.6. The molecule has 1 aromatic heterocycles. The highest BCUT2D eigenvalue weighted by Crippen LogP contribution is 2.22. The zero-order chi connectivity index (χ0) is 15.1. The van der Waals surface area contributed by atoms with Crippen LogP contribution in [0.5, 0.6) is 0 Å². The summed E-state index contributed by atoms with van der Waals surface area (Å²) in [5.41, 5.74) is 1.04. The number of aliphatic hydroxyl groups excluding tert-OH is 1. The van der Waals surface area contributed by atoms with Crippen LogP contribution in [0.15, 0.2) is 24.3 Å². The third-order valence-corrected chi connectivity index (χ3v) is 4.34. The first-order valence-electron chi connectivity index (χ1n) is 7.22. The standard InChI is InChI=1S/C15H21N3O2S/c1-2-11(10-19)17-15(20)16-9-5-8-14-18-12-6-3-4-7-13(12)21-14/h3-4,6-7,11,19H,2,5,8-10H2,1H3,(H2,16,17,20). The number of thiazole rings is 1. The molecule has 2 rings (SSSR count). The number of carbonyl (C=O) groups excluding carboxylic acids is 1. The average molecular weight is 307 g/mol. The van der Waals surface area contributed by atoms with Crippen LogP contribution in [-0.4, -0.2) is 35.3 Å². The van der Waals surface area contributed by atoms with E-state index in [0.29, 0.717) is 6.54 Å². The Morgan fingerprint density at radius 1 is 1.43 bits per heavy atom. The molecule has 21 heavy (non-hydrogen) atoms. The molecule has 2 aromatic rings. The Labute approximate surface area is 128 Å². The summed E-state index contributed by atoms with van der Waals surface area (Å²) in [6, 6.07) is 7.70. The van der Waals surface area contributed by atoms with Crippen molar-refractivity contribution < 1.29 is 9.90 Å². The topological polar surface area (TPSA) is 74.2 Å². The number of amides is 2. The molecule has 0 saturated carbocycles. The number of hydrogen-bond donors (Lipinski definition) is 3. The number of carbonyl (C=O) groups is 1. The van der Waals surface area contributed by atoms with Crippen molar-refractivity contribution in [2.24, 2.45) is 0 Å². The molecule has 1 aromatic carbocycles. The molecule has 114 valence electrons. The number of nitrogens with zero attached hydrogens (tertiary/aromatic N) is 1. The van der Waals surface area contributed by atoms with Gasteiger partial charge < -0.3 is 15.7 Å². The monoisotopic (exact) mass is 307 g/mol. The second kappa shape index (κ2) is 7.95. The maximum atomic E-state index is 11.6. The molecule has 1 atom stereocenters. The van der Waals surface area contributed by atoms with Gasteiger partial charge in [0.2, 0.25) is 0 Å². The molecule has 0 aliphatic carbocycles. The van der Waals surface area contributed by atoms with E-state index >= 15 is 0 Å². The van der Waals surface area contributed by atoms with Crippen LogP contribution in [0, 0.1) is 0 Å². The number of para-hydroxylation sites is 1. The van der Waals surface area contributed by atoms with E-state index in [4.69, 9.17) is 5.11 Å². The van der Waals surface area contributed by atoms with Crippen LogP contribution in [0.1, 0.15) is 24.8 Å². The second-order valence-corrected chi connectivity index (χ2v) is 5.98. The molecular formula is C15H21N3O2S. The van der Waals surface area contributed by atoms with Gasteiger partial charge in [0.05, 0.1) is 27.9 Å². The molecule has 0 saturated heterocycles. The third-order valence-electron chi connectivity index (χ3n) is 3.24. The predicted octanol–water partition coefficient (Wildman–Crippen LogP) is 2.30.